The third-order valence-electron chi connectivity index (χ3n) is 4.77. The minimum atomic E-state index is -0.462. The summed E-state index contributed by atoms with van der Waals surface area (Å²) in [6, 6.07) is 13.5. The number of rotatable bonds is 6. The van der Waals surface area contributed by atoms with Crippen LogP contribution in [0.3, 0.4) is 0 Å². The summed E-state index contributed by atoms with van der Waals surface area (Å²) in [6.45, 7) is 1.34. The number of likely N-dealkylation sites (tertiary alicyclic amines) is 1. The molecule has 1 heterocycles. The minimum Gasteiger partial charge on any atom is -0.482 e. The van der Waals surface area contributed by atoms with Gasteiger partial charge in [-0.1, -0.05) is 41.9 Å². The van der Waals surface area contributed by atoms with Crippen LogP contribution in [0.5, 0.6) is 5.75 Å². The van der Waals surface area contributed by atoms with E-state index in [0.717, 1.165) is 11.6 Å². The van der Waals surface area contributed by atoms with Crippen LogP contribution in [0.15, 0.2) is 48.5 Å². The van der Waals surface area contributed by atoms with Crippen LogP contribution in [-0.2, 0) is 16.1 Å². The first-order valence-electron chi connectivity index (χ1n) is 9.20. The second kappa shape index (κ2) is 9.55. The molecule has 0 saturated carbocycles. The summed E-state index contributed by atoms with van der Waals surface area (Å²) in [6.07, 6.45) is 1.23. The highest BCUT2D eigenvalue weighted by atomic mass is 35.5. The summed E-state index contributed by atoms with van der Waals surface area (Å²) in [4.78, 5) is 26.3. The van der Waals surface area contributed by atoms with Gasteiger partial charge in [-0.05, 0) is 36.6 Å². The van der Waals surface area contributed by atoms with E-state index in [-0.39, 0.29) is 35.1 Å². The number of ether oxygens (including phenoxy) is 1. The first-order chi connectivity index (χ1) is 13.5. The minimum absolute atomic E-state index is 0.0188. The molecule has 1 aliphatic heterocycles. The van der Waals surface area contributed by atoms with Crippen molar-refractivity contribution in [3.05, 3.63) is 64.9 Å². The summed E-state index contributed by atoms with van der Waals surface area (Å²) in [5.41, 5.74) is 1.06. The van der Waals surface area contributed by atoms with Gasteiger partial charge < -0.3 is 15.0 Å². The van der Waals surface area contributed by atoms with Gasteiger partial charge in [0.2, 0.25) is 5.91 Å². The second-order valence-electron chi connectivity index (χ2n) is 6.72. The lowest BCUT2D eigenvalue weighted by molar-refractivity contribution is -0.137. The van der Waals surface area contributed by atoms with Crippen molar-refractivity contribution >= 4 is 23.4 Å². The number of piperidine rings is 1. The van der Waals surface area contributed by atoms with Crippen molar-refractivity contribution in [2.75, 3.05) is 19.7 Å². The lowest BCUT2D eigenvalue weighted by atomic mass is 9.96. The highest BCUT2D eigenvalue weighted by molar-refractivity contribution is 6.32. The molecule has 2 aromatic rings. The van der Waals surface area contributed by atoms with E-state index in [9.17, 15) is 14.0 Å². The number of hydrogen-bond donors (Lipinski definition) is 1. The Labute approximate surface area is 168 Å². The number of hydrogen-bond acceptors (Lipinski definition) is 3. The molecular formula is C21H22ClFN2O3. The van der Waals surface area contributed by atoms with E-state index in [4.69, 9.17) is 16.3 Å². The lowest BCUT2D eigenvalue weighted by Gasteiger charge is -2.31. The molecule has 1 N–H and O–H groups in total. The van der Waals surface area contributed by atoms with Crippen molar-refractivity contribution in [1.29, 1.82) is 0 Å². The van der Waals surface area contributed by atoms with Crippen LogP contribution in [0.2, 0.25) is 5.02 Å². The molecule has 0 atom stereocenters. The molecule has 0 unspecified atom stereocenters. The molecule has 1 saturated heterocycles. The van der Waals surface area contributed by atoms with E-state index in [1.165, 1.54) is 12.1 Å². The van der Waals surface area contributed by atoms with Crippen LogP contribution in [0.25, 0.3) is 0 Å². The molecule has 28 heavy (non-hydrogen) atoms. The number of nitrogens with zero attached hydrogens (tertiary/aromatic N) is 1. The molecule has 0 bridgehead atoms. The second-order valence-corrected chi connectivity index (χ2v) is 7.13. The van der Waals surface area contributed by atoms with E-state index in [1.807, 2.05) is 30.3 Å². The third kappa shape index (κ3) is 5.45. The molecule has 3 rings (SSSR count). The van der Waals surface area contributed by atoms with Crippen LogP contribution >= 0.6 is 11.6 Å². The molecular weight excluding hydrogens is 383 g/mol. The zero-order valence-electron chi connectivity index (χ0n) is 15.4. The zero-order chi connectivity index (χ0) is 19.9. The van der Waals surface area contributed by atoms with Gasteiger partial charge in [0.25, 0.3) is 5.91 Å². The van der Waals surface area contributed by atoms with Crippen molar-refractivity contribution in [2.45, 2.75) is 19.4 Å². The maximum absolute atomic E-state index is 13.0. The van der Waals surface area contributed by atoms with Gasteiger partial charge in [-0.15, -0.1) is 0 Å². The maximum Gasteiger partial charge on any atom is 0.260 e. The summed E-state index contributed by atoms with van der Waals surface area (Å²) >= 11 is 5.89. The number of carbonyl (C=O) groups excluding carboxylic acids is 2. The van der Waals surface area contributed by atoms with Crippen molar-refractivity contribution in [1.82, 2.24) is 10.2 Å². The first-order valence-corrected chi connectivity index (χ1v) is 9.58. The molecule has 0 spiro atoms. The predicted molar refractivity (Wildman–Crippen MR) is 104 cm³/mol. The molecule has 0 aromatic heterocycles. The normalized spacial score (nSPS) is 14.6. The van der Waals surface area contributed by atoms with E-state index in [2.05, 4.69) is 5.32 Å². The zero-order valence-corrected chi connectivity index (χ0v) is 16.1. The van der Waals surface area contributed by atoms with Crippen LogP contribution in [0.1, 0.15) is 18.4 Å². The van der Waals surface area contributed by atoms with Crippen LogP contribution < -0.4 is 10.1 Å². The molecule has 0 radical (unpaired) electrons. The predicted octanol–water partition coefficient (Wildman–Crippen LogP) is 3.41. The van der Waals surface area contributed by atoms with Gasteiger partial charge in [0.15, 0.2) is 6.61 Å². The summed E-state index contributed by atoms with van der Waals surface area (Å²) < 4.78 is 18.4. The summed E-state index contributed by atoms with van der Waals surface area (Å²) in [5.74, 6) is -0.447. The number of carbonyl (C=O) groups is 2. The number of halogens is 2. The fourth-order valence-electron chi connectivity index (χ4n) is 3.14. The first kappa shape index (κ1) is 20.1. The molecule has 5 nitrogen and oxygen atoms in total. The number of amides is 2. The molecule has 148 valence electrons. The Kier molecular flexibility index (Phi) is 6.87. The van der Waals surface area contributed by atoms with Crippen molar-refractivity contribution < 1.29 is 18.7 Å². The topological polar surface area (TPSA) is 58.6 Å². The molecule has 2 aromatic carbocycles. The van der Waals surface area contributed by atoms with E-state index in [1.54, 1.807) is 4.90 Å². The van der Waals surface area contributed by atoms with Gasteiger partial charge >= 0.3 is 0 Å². The van der Waals surface area contributed by atoms with Crippen LogP contribution in [0.4, 0.5) is 4.39 Å². The number of nitrogens with one attached hydrogen (secondary N) is 1. The molecule has 2 amide bonds. The number of benzene rings is 2. The highest BCUT2D eigenvalue weighted by Gasteiger charge is 2.27. The van der Waals surface area contributed by atoms with E-state index >= 15 is 0 Å². The fraction of sp³-hybridized carbons (Fsp3) is 0.333. The highest BCUT2D eigenvalue weighted by Crippen LogP contribution is 2.25. The summed E-state index contributed by atoms with van der Waals surface area (Å²) in [7, 11) is 0. The third-order valence-corrected chi connectivity index (χ3v) is 5.07. The summed E-state index contributed by atoms with van der Waals surface area (Å²) in [5, 5.41) is 3.08. The Bertz CT molecular complexity index is 824. The average Bonchev–Trinajstić information content (AvgIpc) is 2.72. The standard InChI is InChI=1S/C21H22ClFN2O3/c22-18-12-17(23)6-7-19(18)28-14-20(26)25-10-8-16(9-11-25)21(27)24-13-15-4-2-1-3-5-15/h1-7,12,16H,8-11,13-14H2,(H,24,27). The van der Waals surface area contributed by atoms with Gasteiger partial charge in [-0.2, -0.15) is 0 Å². The Balaban J connectivity index is 1.41. The Morgan fingerprint density at radius 1 is 1.14 bits per heavy atom. The van der Waals surface area contributed by atoms with Gasteiger partial charge in [0, 0.05) is 25.6 Å². The van der Waals surface area contributed by atoms with Crippen molar-refractivity contribution in [2.24, 2.45) is 5.92 Å². The van der Waals surface area contributed by atoms with Gasteiger partial charge in [0.1, 0.15) is 11.6 Å². The van der Waals surface area contributed by atoms with E-state index < -0.39 is 5.82 Å². The van der Waals surface area contributed by atoms with Crippen molar-refractivity contribution in [3.63, 3.8) is 0 Å². The van der Waals surface area contributed by atoms with Crippen molar-refractivity contribution in [3.8, 4) is 5.75 Å². The van der Waals surface area contributed by atoms with Crippen LogP contribution in [-0.4, -0.2) is 36.4 Å². The smallest absolute Gasteiger partial charge is 0.260 e. The van der Waals surface area contributed by atoms with Gasteiger partial charge in [-0.3, -0.25) is 9.59 Å². The SMILES string of the molecule is O=C(NCc1ccccc1)C1CCN(C(=O)COc2ccc(F)cc2Cl)CC1. The fourth-order valence-corrected chi connectivity index (χ4v) is 3.37. The largest absolute Gasteiger partial charge is 0.482 e. The Morgan fingerprint density at radius 2 is 1.86 bits per heavy atom. The molecule has 7 heteroatoms. The van der Waals surface area contributed by atoms with Gasteiger partial charge in [0.05, 0.1) is 5.02 Å². The quantitative estimate of drug-likeness (QED) is 0.802. The molecule has 1 aliphatic rings. The lowest BCUT2D eigenvalue weighted by Crippen LogP contribution is -2.44. The monoisotopic (exact) mass is 404 g/mol. The average molecular weight is 405 g/mol. The maximum atomic E-state index is 13.0. The molecule has 1 fully saturated rings. The van der Waals surface area contributed by atoms with Crippen LogP contribution in [0, 0.1) is 11.7 Å². The molecule has 0 aliphatic carbocycles. The van der Waals surface area contributed by atoms with Gasteiger partial charge in [-0.25, -0.2) is 4.39 Å². The Morgan fingerprint density at radius 3 is 2.54 bits per heavy atom. The van der Waals surface area contributed by atoms with E-state index in [0.29, 0.717) is 32.5 Å². The Hall–Kier alpha value is -2.60.